The van der Waals surface area contributed by atoms with Crippen molar-refractivity contribution in [3.8, 4) is 5.75 Å². The van der Waals surface area contributed by atoms with Crippen LogP contribution in [0.15, 0.2) is 42.5 Å². The zero-order valence-electron chi connectivity index (χ0n) is 10.3. The van der Waals surface area contributed by atoms with Crippen molar-refractivity contribution in [2.45, 2.75) is 13.5 Å². The maximum atomic E-state index is 13.0. The van der Waals surface area contributed by atoms with Gasteiger partial charge in [0.2, 0.25) is 0 Å². The lowest BCUT2D eigenvalue weighted by atomic mass is 10.2. The molecule has 19 heavy (non-hydrogen) atoms. The van der Waals surface area contributed by atoms with Gasteiger partial charge < -0.3 is 4.74 Å². The van der Waals surface area contributed by atoms with Crippen LogP contribution in [0, 0.1) is 22.9 Å². The molecule has 0 N–H and O–H groups in total. The third-order valence-corrected chi connectivity index (χ3v) is 2.74. The minimum atomic E-state index is -0.454. The number of nitrogens with zero attached hydrogens (tertiary/aromatic N) is 1. The second-order valence-corrected chi connectivity index (χ2v) is 4.08. The van der Waals surface area contributed by atoms with E-state index in [0.29, 0.717) is 16.9 Å². The van der Waals surface area contributed by atoms with Gasteiger partial charge in [-0.3, -0.25) is 10.1 Å². The summed E-state index contributed by atoms with van der Waals surface area (Å²) < 4.78 is 18.5. The van der Waals surface area contributed by atoms with Crippen molar-refractivity contribution in [3.05, 3.63) is 69.5 Å². The van der Waals surface area contributed by atoms with Gasteiger partial charge in [0.15, 0.2) is 0 Å². The number of ether oxygens (including phenoxy) is 1. The van der Waals surface area contributed by atoms with Gasteiger partial charge in [-0.05, 0) is 30.7 Å². The highest BCUT2D eigenvalue weighted by atomic mass is 19.1. The molecule has 0 aliphatic carbocycles. The van der Waals surface area contributed by atoms with Crippen molar-refractivity contribution in [2.24, 2.45) is 0 Å². The Morgan fingerprint density at radius 2 is 2.00 bits per heavy atom. The third-order valence-electron chi connectivity index (χ3n) is 2.74. The van der Waals surface area contributed by atoms with E-state index in [0.717, 1.165) is 0 Å². The first-order valence-corrected chi connectivity index (χ1v) is 5.69. The first-order chi connectivity index (χ1) is 9.08. The van der Waals surface area contributed by atoms with Gasteiger partial charge in [-0.2, -0.15) is 0 Å². The van der Waals surface area contributed by atoms with Crippen LogP contribution < -0.4 is 4.74 Å². The highest BCUT2D eigenvalue weighted by Crippen LogP contribution is 2.27. The fourth-order valence-electron chi connectivity index (χ4n) is 1.74. The highest BCUT2D eigenvalue weighted by molar-refractivity contribution is 5.48. The number of halogens is 1. The van der Waals surface area contributed by atoms with Crippen LogP contribution in [0.5, 0.6) is 5.75 Å². The number of benzene rings is 2. The Labute approximate surface area is 109 Å². The van der Waals surface area contributed by atoms with Crippen molar-refractivity contribution in [2.75, 3.05) is 0 Å². The normalized spacial score (nSPS) is 10.2. The predicted molar refractivity (Wildman–Crippen MR) is 68.6 cm³/mol. The molecule has 2 rings (SSSR count). The van der Waals surface area contributed by atoms with E-state index < -0.39 is 4.92 Å². The minimum absolute atomic E-state index is 0.0109. The van der Waals surface area contributed by atoms with Crippen LogP contribution in [-0.2, 0) is 6.61 Å². The lowest BCUT2D eigenvalue weighted by Gasteiger charge is -2.09. The summed E-state index contributed by atoms with van der Waals surface area (Å²) in [5.41, 5.74) is 1.14. The molecule has 4 nitrogen and oxygen atoms in total. The third kappa shape index (κ3) is 3.07. The topological polar surface area (TPSA) is 52.4 Å². The zero-order valence-corrected chi connectivity index (χ0v) is 10.3. The minimum Gasteiger partial charge on any atom is -0.488 e. The van der Waals surface area contributed by atoms with Crippen LogP contribution in [0.2, 0.25) is 0 Å². The zero-order chi connectivity index (χ0) is 13.8. The summed E-state index contributed by atoms with van der Waals surface area (Å²) in [5.74, 6) is 0.0929. The summed E-state index contributed by atoms with van der Waals surface area (Å²) >= 11 is 0. The lowest BCUT2D eigenvalue weighted by Crippen LogP contribution is -1.99. The van der Waals surface area contributed by atoms with Crippen molar-refractivity contribution in [3.63, 3.8) is 0 Å². The van der Waals surface area contributed by atoms with Crippen LogP contribution >= 0.6 is 0 Å². The van der Waals surface area contributed by atoms with Gasteiger partial charge in [-0.25, -0.2) is 4.39 Å². The highest BCUT2D eigenvalue weighted by Gasteiger charge is 2.14. The maximum Gasteiger partial charge on any atom is 0.276 e. The molecule has 2 aromatic rings. The molecule has 0 spiro atoms. The van der Waals surface area contributed by atoms with Crippen LogP contribution in [0.1, 0.15) is 11.1 Å². The molecule has 0 aliphatic heterocycles. The number of nitro groups is 1. The molecule has 0 fully saturated rings. The molecule has 0 radical (unpaired) electrons. The summed E-state index contributed by atoms with van der Waals surface area (Å²) in [7, 11) is 0. The second-order valence-electron chi connectivity index (χ2n) is 4.08. The van der Waals surface area contributed by atoms with Gasteiger partial charge in [-0.1, -0.05) is 18.2 Å². The Morgan fingerprint density at radius 1 is 1.26 bits per heavy atom. The van der Waals surface area contributed by atoms with Gasteiger partial charge in [0.1, 0.15) is 18.2 Å². The quantitative estimate of drug-likeness (QED) is 0.624. The molecule has 0 bridgehead atoms. The van der Waals surface area contributed by atoms with E-state index in [4.69, 9.17) is 4.74 Å². The summed E-state index contributed by atoms with van der Waals surface area (Å²) in [6, 6.07) is 10.7. The Bertz CT molecular complexity index is 613. The smallest absolute Gasteiger partial charge is 0.276 e. The first-order valence-electron chi connectivity index (χ1n) is 5.69. The molecule has 0 aliphatic rings. The molecule has 98 valence electrons. The molecule has 0 unspecified atom stereocenters. The van der Waals surface area contributed by atoms with E-state index in [1.165, 1.54) is 18.2 Å². The lowest BCUT2D eigenvalue weighted by molar-refractivity contribution is -0.385. The van der Waals surface area contributed by atoms with Crippen molar-refractivity contribution in [1.82, 2.24) is 0 Å². The number of nitro benzene ring substituents is 1. The average molecular weight is 261 g/mol. The maximum absolute atomic E-state index is 13.0. The average Bonchev–Trinajstić information content (AvgIpc) is 2.37. The Morgan fingerprint density at radius 3 is 2.68 bits per heavy atom. The van der Waals surface area contributed by atoms with E-state index in [-0.39, 0.29) is 18.1 Å². The van der Waals surface area contributed by atoms with Crippen molar-refractivity contribution >= 4 is 5.69 Å². The van der Waals surface area contributed by atoms with Gasteiger partial charge in [-0.15, -0.1) is 0 Å². The van der Waals surface area contributed by atoms with E-state index in [1.54, 1.807) is 31.2 Å². The summed E-state index contributed by atoms with van der Waals surface area (Å²) in [5, 5.41) is 10.8. The SMILES string of the molecule is Cc1c(OCc2cccc(F)c2)cccc1[N+](=O)[O-]. The second kappa shape index (κ2) is 5.48. The fraction of sp³-hybridized carbons (Fsp3) is 0.143. The number of hydrogen-bond acceptors (Lipinski definition) is 3. The molecule has 0 aromatic heterocycles. The van der Waals surface area contributed by atoms with Gasteiger partial charge in [0, 0.05) is 6.07 Å². The van der Waals surface area contributed by atoms with Gasteiger partial charge in [0.05, 0.1) is 10.5 Å². The molecule has 0 amide bonds. The molecule has 5 heteroatoms. The monoisotopic (exact) mass is 261 g/mol. The van der Waals surface area contributed by atoms with Crippen molar-refractivity contribution in [1.29, 1.82) is 0 Å². The number of rotatable bonds is 4. The number of hydrogen-bond donors (Lipinski definition) is 0. The van der Waals surface area contributed by atoms with Crippen LogP contribution in [0.4, 0.5) is 10.1 Å². The first kappa shape index (κ1) is 13.0. The predicted octanol–water partition coefficient (Wildman–Crippen LogP) is 3.62. The van der Waals surface area contributed by atoms with E-state index in [9.17, 15) is 14.5 Å². The Kier molecular flexibility index (Phi) is 3.75. The molecule has 2 aromatic carbocycles. The molecule has 0 saturated carbocycles. The molecular formula is C14H12FNO3. The molecule has 0 atom stereocenters. The van der Waals surface area contributed by atoms with E-state index in [1.807, 2.05) is 0 Å². The van der Waals surface area contributed by atoms with E-state index >= 15 is 0 Å². The van der Waals surface area contributed by atoms with Crippen molar-refractivity contribution < 1.29 is 14.1 Å². The molecule has 0 saturated heterocycles. The summed E-state index contributed by atoms with van der Waals surface area (Å²) in [4.78, 5) is 10.3. The van der Waals surface area contributed by atoms with E-state index in [2.05, 4.69) is 0 Å². The standard InChI is InChI=1S/C14H12FNO3/c1-10-13(16(17)18)6-3-7-14(10)19-9-11-4-2-5-12(15)8-11/h2-8H,9H2,1H3. The van der Waals surface area contributed by atoms with Crippen LogP contribution in [0.3, 0.4) is 0 Å². The fourth-order valence-corrected chi connectivity index (χ4v) is 1.74. The van der Waals surface area contributed by atoms with Gasteiger partial charge >= 0.3 is 0 Å². The largest absolute Gasteiger partial charge is 0.488 e. The Balaban J connectivity index is 2.16. The molecular weight excluding hydrogens is 249 g/mol. The Hall–Kier alpha value is -2.43. The van der Waals surface area contributed by atoms with Crippen LogP contribution in [-0.4, -0.2) is 4.92 Å². The summed E-state index contributed by atoms with van der Waals surface area (Å²) in [6.45, 7) is 1.79. The van der Waals surface area contributed by atoms with Crippen LogP contribution in [0.25, 0.3) is 0 Å². The van der Waals surface area contributed by atoms with Gasteiger partial charge in [0.25, 0.3) is 5.69 Å². The summed E-state index contributed by atoms with van der Waals surface area (Å²) in [6.07, 6.45) is 0. The molecule has 0 heterocycles.